The van der Waals surface area contributed by atoms with E-state index in [1.807, 2.05) is 30.3 Å². The van der Waals surface area contributed by atoms with E-state index in [0.29, 0.717) is 5.56 Å². The van der Waals surface area contributed by atoms with Crippen molar-refractivity contribution in [3.63, 3.8) is 0 Å². The van der Waals surface area contributed by atoms with E-state index in [-0.39, 0.29) is 25.5 Å². The van der Waals surface area contributed by atoms with E-state index in [0.717, 1.165) is 26.7 Å². The summed E-state index contributed by atoms with van der Waals surface area (Å²) in [4.78, 5) is 27.3. The molecule has 0 saturated carbocycles. The van der Waals surface area contributed by atoms with Gasteiger partial charge in [-0.05, 0) is 53.3 Å². The second kappa shape index (κ2) is 9.40. The zero-order valence-electron chi connectivity index (χ0n) is 18.6. The summed E-state index contributed by atoms with van der Waals surface area (Å²) in [6.45, 7) is 3.88. The van der Waals surface area contributed by atoms with Gasteiger partial charge in [0, 0.05) is 16.9 Å². The summed E-state index contributed by atoms with van der Waals surface area (Å²) in [5.74, 6) is -1.18. The molecule has 0 heterocycles. The molecule has 5 nitrogen and oxygen atoms in total. The highest BCUT2D eigenvalue weighted by atomic mass is 79.9. The lowest BCUT2D eigenvalue weighted by Crippen LogP contribution is -2.54. The van der Waals surface area contributed by atoms with Crippen LogP contribution in [0.25, 0.3) is 11.1 Å². The summed E-state index contributed by atoms with van der Waals surface area (Å²) in [5.41, 5.74) is 3.51. The lowest BCUT2D eigenvalue weighted by Gasteiger charge is -2.39. The number of likely N-dealkylation sites (N-methyl/N-ethyl adjacent to an activating group) is 1. The van der Waals surface area contributed by atoms with Crippen LogP contribution in [0.1, 0.15) is 42.9 Å². The fraction of sp³-hybridized carbons (Fsp3) is 0.259. The maximum Gasteiger partial charge on any atom is 0.411 e. The smallest absolute Gasteiger partial charge is 0.411 e. The maximum absolute atomic E-state index is 13.4. The Morgan fingerprint density at radius 3 is 2.09 bits per heavy atom. The molecule has 1 aliphatic carbocycles. The van der Waals surface area contributed by atoms with Crippen molar-refractivity contribution < 1.29 is 19.4 Å². The van der Waals surface area contributed by atoms with Gasteiger partial charge in [-0.3, -0.25) is 4.90 Å². The molecule has 1 unspecified atom stereocenters. The molecule has 1 amide bonds. The van der Waals surface area contributed by atoms with Crippen molar-refractivity contribution in [2.45, 2.75) is 31.7 Å². The van der Waals surface area contributed by atoms with Crippen LogP contribution in [0.2, 0.25) is 0 Å². The molecule has 3 aromatic carbocycles. The van der Waals surface area contributed by atoms with Gasteiger partial charge in [0.05, 0.1) is 0 Å². The Bertz CT molecular complexity index is 1150. The number of benzene rings is 3. The van der Waals surface area contributed by atoms with Gasteiger partial charge in [0.1, 0.15) is 6.61 Å². The van der Waals surface area contributed by atoms with Crippen LogP contribution >= 0.6 is 15.9 Å². The maximum atomic E-state index is 13.4. The molecule has 6 heteroatoms. The van der Waals surface area contributed by atoms with E-state index in [1.165, 1.54) is 4.90 Å². The number of ether oxygens (including phenoxy) is 1. The third-order valence-corrected chi connectivity index (χ3v) is 6.99. The molecule has 0 bridgehead atoms. The fourth-order valence-electron chi connectivity index (χ4n) is 4.91. The molecule has 0 radical (unpaired) electrons. The summed E-state index contributed by atoms with van der Waals surface area (Å²) in [6, 6.07) is 23.3. The molecule has 170 valence electrons. The number of carboxylic acids is 1. The highest BCUT2D eigenvalue weighted by molar-refractivity contribution is 9.10. The summed E-state index contributed by atoms with van der Waals surface area (Å²) in [6.07, 6.45) is -0.430. The number of hydrogen-bond acceptors (Lipinski definition) is 3. The Kier molecular flexibility index (Phi) is 6.56. The predicted octanol–water partition coefficient (Wildman–Crippen LogP) is 6.41. The van der Waals surface area contributed by atoms with Crippen LogP contribution in [0.5, 0.6) is 0 Å². The zero-order chi connectivity index (χ0) is 23.6. The van der Waals surface area contributed by atoms with Gasteiger partial charge in [-0.25, -0.2) is 9.59 Å². The summed E-state index contributed by atoms with van der Waals surface area (Å²) in [7, 11) is 0. The first-order chi connectivity index (χ1) is 15.9. The summed E-state index contributed by atoms with van der Waals surface area (Å²) < 4.78 is 6.57. The molecule has 1 atom stereocenters. The Hall–Kier alpha value is -3.12. The van der Waals surface area contributed by atoms with Crippen molar-refractivity contribution in [1.82, 2.24) is 4.90 Å². The van der Waals surface area contributed by atoms with Crippen LogP contribution in [0.3, 0.4) is 0 Å². The van der Waals surface area contributed by atoms with Gasteiger partial charge in [0.25, 0.3) is 0 Å². The van der Waals surface area contributed by atoms with Gasteiger partial charge in [-0.1, -0.05) is 83.5 Å². The van der Waals surface area contributed by atoms with Gasteiger partial charge in [0.15, 0.2) is 5.54 Å². The van der Waals surface area contributed by atoms with Crippen LogP contribution in [0.15, 0.2) is 77.3 Å². The Morgan fingerprint density at radius 1 is 0.970 bits per heavy atom. The van der Waals surface area contributed by atoms with Gasteiger partial charge in [0.2, 0.25) is 0 Å². The van der Waals surface area contributed by atoms with Crippen LogP contribution in [0.4, 0.5) is 4.79 Å². The van der Waals surface area contributed by atoms with Crippen LogP contribution in [-0.2, 0) is 15.1 Å². The van der Waals surface area contributed by atoms with E-state index < -0.39 is 17.6 Å². The van der Waals surface area contributed by atoms with E-state index in [9.17, 15) is 14.7 Å². The van der Waals surface area contributed by atoms with Gasteiger partial charge < -0.3 is 9.84 Å². The zero-order valence-corrected chi connectivity index (χ0v) is 20.2. The lowest BCUT2D eigenvalue weighted by molar-refractivity contribution is -0.151. The molecule has 0 spiro atoms. The number of carbonyl (C=O) groups excluding carboxylic acids is 1. The Morgan fingerprint density at radius 2 is 1.58 bits per heavy atom. The molecule has 0 aliphatic heterocycles. The van der Waals surface area contributed by atoms with E-state index in [1.54, 1.807) is 32.0 Å². The van der Waals surface area contributed by atoms with Gasteiger partial charge in [-0.2, -0.15) is 0 Å². The number of hydrogen-bond donors (Lipinski definition) is 1. The van der Waals surface area contributed by atoms with Gasteiger partial charge >= 0.3 is 12.1 Å². The molecular formula is C27H26BrNO4. The topological polar surface area (TPSA) is 66.8 Å². The second-order valence-electron chi connectivity index (χ2n) is 8.08. The van der Waals surface area contributed by atoms with Crippen LogP contribution in [0, 0.1) is 0 Å². The monoisotopic (exact) mass is 507 g/mol. The van der Waals surface area contributed by atoms with Crippen molar-refractivity contribution >= 4 is 28.0 Å². The number of carbonyl (C=O) groups is 2. The molecule has 0 saturated heterocycles. The summed E-state index contributed by atoms with van der Waals surface area (Å²) >= 11 is 3.42. The Balaban J connectivity index is 1.64. The number of aliphatic carboxylic acids is 1. The van der Waals surface area contributed by atoms with E-state index in [4.69, 9.17) is 4.74 Å². The molecule has 4 rings (SSSR count). The molecule has 0 fully saturated rings. The number of amides is 1. The van der Waals surface area contributed by atoms with Crippen molar-refractivity contribution in [2.24, 2.45) is 0 Å². The molecule has 3 aromatic rings. The highest BCUT2D eigenvalue weighted by Gasteiger charge is 2.47. The highest BCUT2D eigenvalue weighted by Crippen LogP contribution is 2.44. The minimum Gasteiger partial charge on any atom is -0.479 e. The van der Waals surface area contributed by atoms with Crippen molar-refractivity contribution in [3.8, 4) is 11.1 Å². The van der Waals surface area contributed by atoms with Crippen LogP contribution in [-0.4, -0.2) is 35.2 Å². The predicted molar refractivity (Wildman–Crippen MR) is 131 cm³/mol. The van der Waals surface area contributed by atoms with E-state index in [2.05, 4.69) is 40.2 Å². The quantitative estimate of drug-likeness (QED) is 0.401. The van der Waals surface area contributed by atoms with E-state index >= 15 is 0 Å². The van der Waals surface area contributed by atoms with Crippen molar-refractivity contribution in [3.05, 3.63) is 94.0 Å². The minimum atomic E-state index is -1.53. The number of fused-ring (bicyclic) bond motifs is 3. The molecular weight excluding hydrogens is 482 g/mol. The lowest BCUT2D eigenvalue weighted by atomic mass is 9.85. The first-order valence-electron chi connectivity index (χ1n) is 11.1. The second-order valence-corrected chi connectivity index (χ2v) is 8.99. The fourth-order valence-corrected chi connectivity index (χ4v) is 5.31. The minimum absolute atomic E-state index is 0.0909. The first kappa shape index (κ1) is 23.1. The third kappa shape index (κ3) is 3.93. The third-order valence-electron chi connectivity index (χ3n) is 6.50. The van der Waals surface area contributed by atoms with Crippen molar-refractivity contribution in [2.75, 3.05) is 13.2 Å². The van der Waals surface area contributed by atoms with Crippen LogP contribution < -0.4 is 0 Å². The molecule has 1 aliphatic rings. The SMILES string of the molecule is CCN(C(=O)OCC1c2ccccc2-c2ccccc21)C(CC)(C(=O)O)c1cccc(Br)c1. The van der Waals surface area contributed by atoms with Gasteiger partial charge in [-0.15, -0.1) is 0 Å². The first-order valence-corrected chi connectivity index (χ1v) is 11.8. The molecule has 1 N–H and O–H groups in total. The average molecular weight is 508 g/mol. The largest absolute Gasteiger partial charge is 0.479 e. The average Bonchev–Trinajstić information content (AvgIpc) is 3.14. The Labute approximate surface area is 202 Å². The van der Waals surface area contributed by atoms with Crippen molar-refractivity contribution in [1.29, 1.82) is 0 Å². The standard InChI is InChI=1S/C27H26BrNO4/c1-3-27(25(30)31,18-10-9-11-19(28)16-18)29(4-2)26(32)33-17-24-22-14-7-5-12-20(22)21-13-6-8-15-23(21)24/h5-16,24H,3-4,17H2,1-2H3,(H,30,31). The number of halogens is 1. The normalized spacial score (nSPS) is 14.2. The summed E-state index contributed by atoms with van der Waals surface area (Å²) in [5, 5.41) is 10.3. The number of carboxylic acid groups (broad SMARTS) is 1. The molecule has 33 heavy (non-hydrogen) atoms. The molecule has 0 aromatic heterocycles. The number of nitrogens with zero attached hydrogens (tertiary/aromatic N) is 1. The number of rotatable bonds is 7.